The molecular weight excluding hydrogens is 152 g/mol. The molecule has 0 rings (SSSR count). The number of carbonyl (C=O) groups excluding carboxylic acids is 1. The minimum absolute atomic E-state index is 0.0143. The van der Waals surface area contributed by atoms with Gasteiger partial charge in [-0.15, -0.1) is 6.42 Å². The molecule has 0 aliphatic rings. The fourth-order valence-corrected chi connectivity index (χ4v) is 0.826. The van der Waals surface area contributed by atoms with Crippen molar-refractivity contribution in [1.82, 2.24) is 10.6 Å². The lowest BCUT2D eigenvalue weighted by molar-refractivity contribution is -0.122. The Morgan fingerprint density at radius 2 is 2.17 bits per heavy atom. The maximum absolute atomic E-state index is 11.2. The third-order valence-electron chi connectivity index (χ3n) is 1.49. The average molecular weight is 168 g/mol. The van der Waals surface area contributed by atoms with E-state index in [0.717, 1.165) is 0 Å². The summed E-state index contributed by atoms with van der Waals surface area (Å²) in [4.78, 5) is 11.2. The molecule has 0 aliphatic carbocycles. The summed E-state index contributed by atoms with van der Waals surface area (Å²) in [6, 6.07) is -0.293. The molecule has 0 saturated heterocycles. The Labute approximate surface area is 73.9 Å². The number of hydrogen-bond donors (Lipinski definition) is 2. The summed E-state index contributed by atoms with van der Waals surface area (Å²) in [6.07, 6.45) is 5.15. The molecule has 2 N–H and O–H groups in total. The SMILES string of the molecule is C#CC(C)NC(C)C(=O)NCC. The van der Waals surface area contributed by atoms with Crippen LogP contribution >= 0.6 is 0 Å². The summed E-state index contributed by atoms with van der Waals surface area (Å²) in [5, 5.41) is 5.67. The van der Waals surface area contributed by atoms with Crippen molar-refractivity contribution in [2.75, 3.05) is 6.54 Å². The van der Waals surface area contributed by atoms with Crippen molar-refractivity contribution in [3.05, 3.63) is 0 Å². The van der Waals surface area contributed by atoms with E-state index in [9.17, 15) is 4.79 Å². The van der Waals surface area contributed by atoms with Crippen molar-refractivity contribution in [1.29, 1.82) is 0 Å². The van der Waals surface area contributed by atoms with Crippen LogP contribution in [0.25, 0.3) is 0 Å². The molecule has 0 fully saturated rings. The normalized spacial score (nSPS) is 14.5. The minimum atomic E-state index is -0.226. The Hall–Kier alpha value is -1.01. The van der Waals surface area contributed by atoms with Gasteiger partial charge in [0, 0.05) is 6.54 Å². The molecule has 0 spiro atoms. The van der Waals surface area contributed by atoms with E-state index >= 15 is 0 Å². The first kappa shape index (κ1) is 11.0. The molecule has 0 aromatic carbocycles. The van der Waals surface area contributed by atoms with Crippen molar-refractivity contribution in [3.63, 3.8) is 0 Å². The minimum Gasteiger partial charge on any atom is -0.355 e. The highest BCUT2D eigenvalue weighted by molar-refractivity contribution is 5.81. The summed E-state index contributed by atoms with van der Waals surface area (Å²) in [5.41, 5.74) is 0. The van der Waals surface area contributed by atoms with Crippen molar-refractivity contribution < 1.29 is 4.79 Å². The monoisotopic (exact) mass is 168 g/mol. The lowest BCUT2D eigenvalue weighted by atomic mass is 10.2. The van der Waals surface area contributed by atoms with Crippen LogP contribution in [0.15, 0.2) is 0 Å². The molecule has 2 unspecified atom stereocenters. The quantitative estimate of drug-likeness (QED) is 0.585. The molecule has 0 aromatic rings. The van der Waals surface area contributed by atoms with Crippen LogP contribution in [0.2, 0.25) is 0 Å². The number of amides is 1. The first-order valence-corrected chi connectivity index (χ1v) is 4.11. The first-order chi connectivity index (χ1) is 5.61. The van der Waals surface area contributed by atoms with Gasteiger partial charge in [0.2, 0.25) is 5.91 Å². The van der Waals surface area contributed by atoms with E-state index in [1.54, 1.807) is 6.92 Å². The fraction of sp³-hybridized carbons (Fsp3) is 0.667. The van der Waals surface area contributed by atoms with Gasteiger partial charge in [0.25, 0.3) is 0 Å². The fourth-order valence-electron chi connectivity index (χ4n) is 0.826. The molecule has 0 aromatic heterocycles. The number of carbonyl (C=O) groups is 1. The van der Waals surface area contributed by atoms with Gasteiger partial charge in [-0.2, -0.15) is 0 Å². The molecule has 12 heavy (non-hydrogen) atoms. The molecular formula is C9H16N2O. The summed E-state index contributed by atoms with van der Waals surface area (Å²) in [7, 11) is 0. The van der Waals surface area contributed by atoms with Crippen LogP contribution in [0.3, 0.4) is 0 Å². The zero-order valence-electron chi connectivity index (χ0n) is 7.85. The third-order valence-corrected chi connectivity index (χ3v) is 1.49. The van der Waals surface area contributed by atoms with E-state index in [-0.39, 0.29) is 18.0 Å². The lowest BCUT2D eigenvalue weighted by Gasteiger charge is -2.14. The second-order valence-electron chi connectivity index (χ2n) is 2.67. The first-order valence-electron chi connectivity index (χ1n) is 4.11. The predicted molar refractivity (Wildman–Crippen MR) is 49.6 cm³/mol. The van der Waals surface area contributed by atoms with Crippen molar-refractivity contribution >= 4 is 5.91 Å². The van der Waals surface area contributed by atoms with Crippen LogP contribution in [-0.4, -0.2) is 24.5 Å². The summed E-state index contributed by atoms with van der Waals surface area (Å²) in [5.74, 6) is 2.49. The molecule has 1 amide bonds. The number of terminal acetylenes is 1. The second-order valence-corrected chi connectivity index (χ2v) is 2.67. The molecule has 0 heterocycles. The van der Waals surface area contributed by atoms with Crippen molar-refractivity contribution in [2.45, 2.75) is 32.9 Å². The molecule has 3 nitrogen and oxygen atoms in total. The molecule has 68 valence electrons. The van der Waals surface area contributed by atoms with E-state index in [0.29, 0.717) is 6.54 Å². The number of rotatable bonds is 4. The van der Waals surface area contributed by atoms with Crippen LogP contribution in [0, 0.1) is 12.3 Å². The van der Waals surface area contributed by atoms with Crippen LogP contribution in [-0.2, 0) is 4.79 Å². The summed E-state index contributed by atoms with van der Waals surface area (Å²) in [6.45, 7) is 6.17. The highest BCUT2D eigenvalue weighted by atomic mass is 16.2. The van der Waals surface area contributed by atoms with Gasteiger partial charge >= 0.3 is 0 Å². The second kappa shape index (κ2) is 5.62. The van der Waals surface area contributed by atoms with Crippen molar-refractivity contribution in [2.24, 2.45) is 0 Å². The molecule has 0 radical (unpaired) electrons. The highest BCUT2D eigenvalue weighted by Crippen LogP contribution is 1.85. The van der Waals surface area contributed by atoms with Crippen LogP contribution < -0.4 is 10.6 Å². The van der Waals surface area contributed by atoms with Gasteiger partial charge in [-0.1, -0.05) is 5.92 Å². The summed E-state index contributed by atoms with van der Waals surface area (Å²) < 4.78 is 0. The van der Waals surface area contributed by atoms with Gasteiger partial charge in [0.05, 0.1) is 12.1 Å². The number of hydrogen-bond acceptors (Lipinski definition) is 2. The average Bonchev–Trinajstić information content (AvgIpc) is 2.04. The van der Waals surface area contributed by atoms with Gasteiger partial charge in [-0.05, 0) is 20.8 Å². The molecule has 0 bridgehead atoms. The van der Waals surface area contributed by atoms with E-state index in [4.69, 9.17) is 6.42 Å². The zero-order valence-corrected chi connectivity index (χ0v) is 7.85. The predicted octanol–water partition coefficient (Wildman–Crippen LogP) is 0.122. The van der Waals surface area contributed by atoms with Crippen LogP contribution in [0.5, 0.6) is 0 Å². The Morgan fingerprint density at radius 1 is 1.58 bits per heavy atom. The maximum atomic E-state index is 11.2. The Morgan fingerprint density at radius 3 is 2.58 bits per heavy atom. The van der Waals surface area contributed by atoms with Crippen molar-refractivity contribution in [3.8, 4) is 12.3 Å². The summed E-state index contributed by atoms with van der Waals surface area (Å²) >= 11 is 0. The van der Waals surface area contributed by atoms with Gasteiger partial charge in [-0.25, -0.2) is 0 Å². The lowest BCUT2D eigenvalue weighted by Crippen LogP contribution is -2.45. The topological polar surface area (TPSA) is 41.1 Å². The maximum Gasteiger partial charge on any atom is 0.236 e. The van der Waals surface area contributed by atoms with E-state index < -0.39 is 0 Å². The number of nitrogens with one attached hydrogen (secondary N) is 2. The van der Waals surface area contributed by atoms with Gasteiger partial charge < -0.3 is 5.32 Å². The molecule has 0 aliphatic heterocycles. The molecule has 3 heteroatoms. The molecule has 2 atom stereocenters. The smallest absolute Gasteiger partial charge is 0.236 e. The van der Waals surface area contributed by atoms with E-state index in [1.807, 2.05) is 13.8 Å². The third kappa shape index (κ3) is 3.99. The highest BCUT2D eigenvalue weighted by Gasteiger charge is 2.12. The Bertz CT molecular complexity index is 183. The molecule has 0 saturated carbocycles. The van der Waals surface area contributed by atoms with Crippen LogP contribution in [0.1, 0.15) is 20.8 Å². The zero-order chi connectivity index (χ0) is 9.56. The van der Waals surface area contributed by atoms with E-state index in [2.05, 4.69) is 16.6 Å². The van der Waals surface area contributed by atoms with Gasteiger partial charge in [-0.3, -0.25) is 10.1 Å². The van der Waals surface area contributed by atoms with E-state index in [1.165, 1.54) is 0 Å². The number of likely N-dealkylation sites (N-methyl/N-ethyl adjacent to an activating group) is 1. The van der Waals surface area contributed by atoms with Gasteiger partial charge in [0.1, 0.15) is 0 Å². The largest absolute Gasteiger partial charge is 0.355 e. The van der Waals surface area contributed by atoms with Gasteiger partial charge in [0.15, 0.2) is 0 Å². The van der Waals surface area contributed by atoms with Crippen LogP contribution in [0.4, 0.5) is 0 Å². The Balaban J connectivity index is 3.80. The Kier molecular flexibility index (Phi) is 5.14. The standard InChI is InChI=1S/C9H16N2O/c1-5-7(3)11-8(4)9(12)10-6-2/h1,7-8,11H,6H2,2-4H3,(H,10,12).